The molecule has 34 heavy (non-hydrogen) atoms. The summed E-state index contributed by atoms with van der Waals surface area (Å²) < 4.78 is 7.36. The Labute approximate surface area is 211 Å². The third-order valence-electron chi connectivity index (χ3n) is 5.66. The Morgan fingerprint density at radius 3 is 2.26 bits per heavy atom. The summed E-state index contributed by atoms with van der Waals surface area (Å²) in [5, 5.41) is 8.68. The van der Waals surface area contributed by atoms with Crippen LogP contribution in [0.3, 0.4) is 0 Å². The van der Waals surface area contributed by atoms with E-state index >= 15 is 0 Å². The van der Waals surface area contributed by atoms with Crippen LogP contribution in [-0.2, 0) is 6.61 Å². The highest BCUT2D eigenvalue weighted by atomic mass is 127. The molecule has 0 unspecified atom stereocenters. The first-order valence-electron chi connectivity index (χ1n) is 10.9. The van der Waals surface area contributed by atoms with E-state index in [4.69, 9.17) is 4.74 Å². The van der Waals surface area contributed by atoms with E-state index in [-0.39, 0.29) is 5.91 Å². The van der Waals surface area contributed by atoms with Crippen molar-refractivity contribution in [3.63, 3.8) is 0 Å². The normalized spacial score (nSPS) is 11.2. The van der Waals surface area contributed by atoms with Gasteiger partial charge < -0.3 is 4.74 Å². The second kappa shape index (κ2) is 10.1. The Kier molecular flexibility index (Phi) is 6.53. The van der Waals surface area contributed by atoms with E-state index < -0.39 is 0 Å². The highest BCUT2D eigenvalue weighted by molar-refractivity contribution is 14.1. The molecule has 1 N–H and O–H groups in total. The summed E-state index contributed by atoms with van der Waals surface area (Å²) in [5.41, 5.74) is 5.12. The van der Waals surface area contributed by atoms with Crippen molar-refractivity contribution in [2.45, 2.75) is 6.61 Å². The molecule has 5 aromatic rings. The first-order valence-corrected chi connectivity index (χ1v) is 12.0. The van der Waals surface area contributed by atoms with Gasteiger partial charge in [0.05, 0.1) is 6.21 Å². The Morgan fingerprint density at radius 1 is 0.794 bits per heavy atom. The molecule has 1 amide bonds. The van der Waals surface area contributed by atoms with Crippen LogP contribution in [0.5, 0.6) is 5.75 Å². The molecule has 166 valence electrons. The van der Waals surface area contributed by atoms with Crippen molar-refractivity contribution >= 4 is 56.3 Å². The van der Waals surface area contributed by atoms with Crippen molar-refractivity contribution in [2.24, 2.45) is 5.10 Å². The Bertz CT molecular complexity index is 1510. The van der Waals surface area contributed by atoms with Crippen LogP contribution in [0.15, 0.2) is 108 Å². The van der Waals surface area contributed by atoms with E-state index in [1.54, 1.807) is 18.3 Å². The van der Waals surface area contributed by atoms with Crippen molar-refractivity contribution in [1.29, 1.82) is 0 Å². The van der Waals surface area contributed by atoms with Crippen molar-refractivity contribution in [2.75, 3.05) is 0 Å². The molecule has 5 rings (SSSR count). The number of nitrogens with one attached hydrogen (secondary N) is 1. The van der Waals surface area contributed by atoms with Gasteiger partial charge >= 0.3 is 0 Å². The monoisotopic (exact) mass is 556 g/mol. The van der Waals surface area contributed by atoms with Crippen LogP contribution in [0.2, 0.25) is 0 Å². The topological polar surface area (TPSA) is 50.7 Å². The molecule has 5 aromatic carbocycles. The van der Waals surface area contributed by atoms with Gasteiger partial charge in [0.1, 0.15) is 12.4 Å². The number of hydrogen-bond donors (Lipinski definition) is 1. The highest BCUT2D eigenvalue weighted by Crippen LogP contribution is 2.28. The fourth-order valence-corrected chi connectivity index (χ4v) is 4.29. The van der Waals surface area contributed by atoms with Crippen molar-refractivity contribution in [3.05, 3.63) is 123 Å². The molecule has 0 aromatic heterocycles. The molecule has 0 radical (unpaired) electrons. The van der Waals surface area contributed by atoms with Gasteiger partial charge in [-0.05, 0) is 80.0 Å². The summed E-state index contributed by atoms with van der Waals surface area (Å²) in [6.45, 7) is 0.426. The fraction of sp³-hybridized carbons (Fsp3) is 0.0345. The van der Waals surface area contributed by atoms with Gasteiger partial charge in [0.15, 0.2) is 0 Å². The van der Waals surface area contributed by atoms with Crippen LogP contribution in [0.25, 0.3) is 21.5 Å². The van der Waals surface area contributed by atoms with E-state index in [0.717, 1.165) is 25.5 Å². The summed E-state index contributed by atoms with van der Waals surface area (Å²) >= 11 is 2.21. The van der Waals surface area contributed by atoms with Gasteiger partial charge in [0, 0.05) is 14.7 Å². The van der Waals surface area contributed by atoms with Gasteiger partial charge in [-0.25, -0.2) is 5.43 Å². The summed E-state index contributed by atoms with van der Waals surface area (Å²) in [6, 6.07) is 33.9. The molecule has 0 aliphatic rings. The van der Waals surface area contributed by atoms with E-state index in [9.17, 15) is 4.79 Å². The first kappa shape index (κ1) is 22.1. The van der Waals surface area contributed by atoms with Crippen molar-refractivity contribution in [1.82, 2.24) is 5.43 Å². The third kappa shape index (κ3) is 4.79. The number of nitrogens with zero attached hydrogens (tertiary/aromatic N) is 1. The number of halogens is 1. The summed E-state index contributed by atoms with van der Waals surface area (Å²) in [7, 11) is 0. The average Bonchev–Trinajstić information content (AvgIpc) is 2.88. The average molecular weight is 556 g/mol. The first-order chi connectivity index (χ1) is 16.7. The molecule has 0 saturated carbocycles. The zero-order valence-electron chi connectivity index (χ0n) is 18.2. The van der Waals surface area contributed by atoms with Crippen molar-refractivity contribution in [3.8, 4) is 5.75 Å². The fourth-order valence-electron chi connectivity index (χ4n) is 3.93. The third-order valence-corrected chi connectivity index (χ3v) is 6.38. The number of benzene rings is 5. The highest BCUT2D eigenvalue weighted by Gasteiger charge is 2.10. The predicted molar refractivity (Wildman–Crippen MR) is 146 cm³/mol. The number of fused-ring (bicyclic) bond motifs is 2. The van der Waals surface area contributed by atoms with Crippen LogP contribution in [-0.4, -0.2) is 12.1 Å². The number of carbonyl (C=O) groups is 1. The van der Waals surface area contributed by atoms with E-state index in [1.165, 1.54) is 10.8 Å². The second-order valence-electron chi connectivity index (χ2n) is 7.83. The van der Waals surface area contributed by atoms with Gasteiger partial charge in [0.2, 0.25) is 0 Å². The van der Waals surface area contributed by atoms with Gasteiger partial charge in [-0.15, -0.1) is 0 Å². The molecule has 0 atom stereocenters. The number of ether oxygens (including phenoxy) is 1. The summed E-state index contributed by atoms with van der Waals surface area (Å²) in [6.07, 6.45) is 1.66. The summed E-state index contributed by atoms with van der Waals surface area (Å²) in [4.78, 5) is 12.5. The van der Waals surface area contributed by atoms with Crippen LogP contribution < -0.4 is 10.2 Å². The quantitative estimate of drug-likeness (QED) is 0.140. The number of hydrogen-bond acceptors (Lipinski definition) is 3. The number of rotatable bonds is 6. The molecule has 0 spiro atoms. The summed E-state index contributed by atoms with van der Waals surface area (Å²) in [5.74, 6) is 0.449. The minimum atomic E-state index is -0.258. The molecule has 0 aliphatic heterocycles. The minimum absolute atomic E-state index is 0.258. The van der Waals surface area contributed by atoms with Gasteiger partial charge in [-0.2, -0.15) is 5.10 Å². The molecular weight excluding hydrogens is 535 g/mol. The molecule has 0 fully saturated rings. The maximum absolute atomic E-state index is 12.5. The lowest BCUT2D eigenvalue weighted by atomic mass is 10.0. The molecule has 0 saturated heterocycles. The standard InChI is InChI=1S/C29H21IN2O2/c30-24-15-12-22(13-16-24)29(33)32-31-18-27-26-11-4-2-7-21(26)14-17-28(27)34-19-23-9-5-8-20-6-1-3-10-25(20)23/h1-18H,19H2,(H,32,33)/b31-18-. The number of carbonyl (C=O) groups excluding carboxylic acids is 1. The molecule has 0 aliphatic carbocycles. The van der Waals surface area contributed by atoms with E-state index in [2.05, 4.69) is 57.4 Å². The largest absolute Gasteiger partial charge is 0.488 e. The van der Waals surface area contributed by atoms with Crippen LogP contribution in [0.1, 0.15) is 21.5 Å². The molecule has 4 nitrogen and oxygen atoms in total. The Balaban J connectivity index is 1.42. The Morgan fingerprint density at radius 2 is 1.47 bits per heavy atom. The predicted octanol–water partition coefficient (Wildman–Crippen LogP) is 6.94. The van der Waals surface area contributed by atoms with Gasteiger partial charge in [0.25, 0.3) is 5.91 Å². The lowest BCUT2D eigenvalue weighted by Gasteiger charge is -2.13. The molecule has 5 heteroatoms. The van der Waals surface area contributed by atoms with E-state index in [1.807, 2.05) is 66.7 Å². The number of hydrazone groups is 1. The zero-order chi connectivity index (χ0) is 23.3. The minimum Gasteiger partial charge on any atom is -0.488 e. The maximum Gasteiger partial charge on any atom is 0.271 e. The smallest absolute Gasteiger partial charge is 0.271 e. The lowest BCUT2D eigenvalue weighted by Crippen LogP contribution is -2.17. The molecule has 0 bridgehead atoms. The van der Waals surface area contributed by atoms with Gasteiger partial charge in [-0.3, -0.25) is 4.79 Å². The van der Waals surface area contributed by atoms with Crippen LogP contribution >= 0.6 is 22.6 Å². The molecular formula is C29H21IN2O2. The van der Waals surface area contributed by atoms with E-state index in [0.29, 0.717) is 17.9 Å². The SMILES string of the molecule is O=C(N/N=C\c1c(OCc2cccc3ccccc23)ccc2ccccc12)c1ccc(I)cc1. The van der Waals surface area contributed by atoms with Crippen LogP contribution in [0.4, 0.5) is 0 Å². The number of amides is 1. The zero-order valence-corrected chi connectivity index (χ0v) is 20.4. The maximum atomic E-state index is 12.5. The lowest BCUT2D eigenvalue weighted by molar-refractivity contribution is 0.0955. The molecule has 0 heterocycles. The van der Waals surface area contributed by atoms with Crippen molar-refractivity contribution < 1.29 is 9.53 Å². The van der Waals surface area contributed by atoms with Gasteiger partial charge in [-0.1, -0.05) is 72.8 Å². The second-order valence-corrected chi connectivity index (χ2v) is 9.08. The van der Waals surface area contributed by atoms with Crippen LogP contribution in [0, 0.1) is 3.57 Å². The Hall–Kier alpha value is -3.71.